The van der Waals surface area contributed by atoms with Gasteiger partial charge in [0, 0.05) is 0 Å². The largest absolute Gasteiger partial charge is 0.489 e. The van der Waals surface area contributed by atoms with Crippen molar-refractivity contribution < 1.29 is 30.2 Å². The summed E-state index contributed by atoms with van der Waals surface area (Å²) in [5.74, 6) is -1.17. The van der Waals surface area contributed by atoms with E-state index >= 15 is 0 Å². The SMILES string of the molecule is CC(C)(O)C(C)(C)O.O=C(O)c1ccccc1B(O)O. The smallest absolute Gasteiger partial charge is 0.478 e. The predicted octanol–water partition coefficient (Wildman–Crippen LogP) is -0.407. The van der Waals surface area contributed by atoms with Crippen LogP contribution < -0.4 is 5.46 Å². The molecule has 0 saturated heterocycles. The Balaban J connectivity index is 0.000000396. The number of carbonyl (C=O) groups is 1. The first-order valence-electron chi connectivity index (χ1n) is 6.01. The van der Waals surface area contributed by atoms with Crippen LogP contribution >= 0.6 is 0 Å². The fourth-order valence-electron chi connectivity index (χ4n) is 0.917. The van der Waals surface area contributed by atoms with Crippen molar-refractivity contribution in [2.75, 3.05) is 0 Å². The van der Waals surface area contributed by atoms with Crippen LogP contribution in [0, 0.1) is 0 Å². The number of hydrogen-bond acceptors (Lipinski definition) is 5. The molecule has 0 heterocycles. The van der Waals surface area contributed by atoms with Crippen LogP contribution in [0.5, 0.6) is 0 Å². The zero-order valence-electron chi connectivity index (χ0n) is 12.0. The summed E-state index contributed by atoms with van der Waals surface area (Å²) in [4.78, 5) is 10.5. The molecule has 0 amide bonds. The van der Waals surface area contributed by atoms with E-state index < -0.39 is 24.3 Å². The van der Waals surface area contributed by atoms with Crippen molar-refractivity contribution >= 4 is 18.6 Å². The third-order valence-corrected chi connectivity index (χ3v) is 2.97. The minimum Gasteiger partial charge on any atom is -0.478 e. The Morgan fingerprint density at radius 3 is 1.65 bits per heavy atom. The average molecular weight is 284 g/mol. The van der Waals surface area contributed by atoms with E-state index in [2.05, 4.69) is 0 Å². The van der Waals surface area contributed by atoms with Crippen molar-refractivity contribution in [1.82, 2.24) is 0 Å². The Hall–Kier alpha value is -1.41. The summed E-state index contributed by atoms with van der Waals surface area (Å²) in [5, 5.41) is 44.3. The van der Waals surface area contributed by atoms with Crippen LogP contribution in [0.2, 0.25) is 0 Å². The molecular weight excluding hydrogens is 263 g/mol. The molecule has 7 heteroatoms. The third-order valence-electron chi connectivity index (χ3n) is 2.97. The molecule has 1 rings (SSSR count). The maximum absolute atomic E-state index is 10.5. The van der Waals surface area contributed by atoms with Crippen LogP contribution in [0.15, 0.2) is 24.3 Å². The summed E-state index contributed by atoms with van der Waals surface area (Å²) in [6.45, 7) is 6.31. The molecule has 0 bridgehead atoms. The van der Waals surface area contributed by atoms with Gasteiger partial charge < -0.3 is 25.4 Å². The fourth-order valence-corrected chi connectivity index (χ4v) is 0.917. The summed E-state index contributed by atoms with van der Waals surface area (Å²) in [6, 6.07) is 5.74. The highest BCUT2D eigenvalue weighted by molar-refractivity contribution is 6.60. The monoisotopic (exact) mass is 284 g/mol. The maximum atomic E-state index is 10.5. The standard InChI is InChI=1S/C7H7BO4.C6H14O2/c9-7(10)5-3-1-2-4-6(5)8(11)12;1-5(2,7)6(3,4)8/h1-4,11-12H,(H,9,10);7-8H,1-4H3. The molecule has 0 fully saturated rings. The van der Waals surface area contributed by atoms with Gasteiger partial charge >= 0.3 is 13.1 Å². The lowest BCUT2D eigenvalue weighted by Gasteiger charge is -2.31. The van der Waals surface area contributed by atoms with Crippen molar-refractivity contribution in [1.29, 1.82) is 0 Å². The van der Waals surface area contributed by atoms with Gasteiger partial charge in [0.05, 0.1) is 16.8 Å². The molecule has 0 saturated carbocycles. The van der Waals surface area contributed by atoms with Crippen molar-refractivity contribution in [3.63, 3.8) is 0 Å². The molecule has 0 aliphatic carbocycles. The number of hydrogen-bond donors (Lipinski definition) is 5. The molecule has 20 heavy (non-hydrogen) atoms. The lowest BCUT2D eigenvalue weighted by Crippen LogP contribution is -2.44. The van der Waals surface area contributed by atoms with Crippen LogP contribution in [-0.2, 0) is 0 Å². The topological polar surface area (TPSA) is 118 Å². The summed E-state index contributed by atoms with van der Waals surface area (Å²) < 4.78 is 0. The van der Waals surface area contributed by atoms with Gasteiger partial charge in [0.15, 0.2) is 0 Å². The number of aromatic carboxylic acids is 1. The van der Waals surface area contributed by atoms with Gasteiger partial charge in [-0.05, 0) is 39.2 Å². The number of benzene rings is 1. The highest BCUT2D eigenvalue weighted by atomic mass is 16.4. The fraction of sp³-hybridized carbons (Fsp3) is 0.462. The van der Waals surface area contributed by atoms with E-state index in [-0.39, 0.29) is 11.0 Å². The van der Waals surface area contributed by atoms with Crippen molar-refractivity contribution in [2.24, 2.45) is 0 Å². The zero-order valence-corrected chi connectivity index (χ0v) is 12.0. The van der Waals surface area contributed by atoms with Gasteiger partial charge in [-0.3, -0.25) is 0 Å². The number of aliphatic hydroxyl groups is 2. The minimum atomic E-state index is -1.74. The molecular formula is C13H21BO6. The summed E-state index contributed by atoms with van der Waals surface area (Å²) in [5.41, 5.74) is -2.10. The molecule has 0 spiro atoms. The molecule has 0 aromatic heterocycles. The average Bonchev–Trinajstić information content (AvgIpc) is 2.27. The van der Waals surface area contributed by atoms with E-state index in [1.54, 1.807) is 33.8 Å². The van der Waals surface area contributed by atoms with Crippen molar-refractivity contribution in [3.05, 3.63) is 29.8 Å². The minimum absolute atomic E-state index is 0.00463. The molecule has 5 N–H and O–H groups in total. The first kappa shape index (κ1) is 18.6. The van der Waals surface area contributed by atoms with Crippen molar-refractivity contribution in [2.45, 2.75) is 38.9 Å². The number of rotatable bonds is 3. The van der Waals surface area contributed by atoms with Gasteiger partial charge in [-0.25, -0.2) is 4.79 Å². The summed E-state index contributed by atoms with van der Waals surface area (Å²) >= 11 is 0. The highest BCUT2D eigenvalue weighted by Crippen LogP contribution is 2.19. The van der Waals surface area contributed by atoms with Crippen LogP contribution in [-0.4, -0.2) is 49.7 Å². The van der Waals surface area contributed by atoms with Crippen LogP contribution in [0.3, 0.4) is 0 Å². The maximum Gasteiger partial charge on any atom is 0.489 e. The van der Waals surface area contributed by atoms with Crippen LogP contribution in [0.25, 0.3) is 0 Å². The Bertz CT molecular complexity index is 433. The van der Waals surface area contributed by atoms with Crippen LogP contribution in [0.1, 0.15) is 38.1 Å². The summed E-state index contributed by atoms with van der Waals surface area (Å²) in [6.07, 6.45) is 0. The van der Waals surface area contributed by atoms with Gasteiger partial charge in [-0.15, -0.1) is 0 Å². The molecule has 112 valence electrons. The molecule has 0 aliphatic rings. The summed E-state index contributed by atoms with van der Waals surface area (Å²) in [7, 11) is -1.74. The molecule has 1 aromatic carbocycles. The predicted molar refractivity (Wildman–Crippen MR) is 75.8 cm³/mol. The van der Waals surface area contributed by atoms with E-state index in [0.717, 1.165) is 0 Å². The second-order valence-corrected chi connectivity index (χ2v) is 5.38. The molecule has 1 aromatic rings. The van der Waals surface area contributed by atoms with Gasteiger partial charge in [0.2, 0.25) is 0 Å². The van der Waals surface area contributed by atoms with E-state index in [0.29, 0.717) is 0 Å². The van der Waals surface area contributed by atoms with Crippen molar-refractivity contribution in [3.8, 4) is 0 Å². The Kier molecular flexibility index (Phi) is 6.37. The van der Waals surface area contributed by atoms with E-state index in [9.17, 15) is 4.79 Å². The molecule has 6 nitrogen and oxygen atoms in total. The van der Waals surface area contributed by atoms with Gasteiger partial charge in [0.25, 0.3) is 0 Å². The van der Waals surface area contributed by atoms with Gasteiger partial charge in [-0.1, -0.05) is 18.2 Å². The molecule has 0 unspecified atom stereocenters. The van der Waals surface area contributed by atoms with Crippen LogP contribution in [0.4, 0.5) is 0 Å². The highest BCUT2D eigenvalue weighted by Gasteiger charge is 2.31. The van der Waals surface area contributed by atoms with E-state index in [1.165, 1.54) is 18.2 Å². The number of carboxylic acid groups (broad SMARTS) is 1. The Morgan fingerprint density at radius 2 is 1.40 bits per heavy atom. The first-order chi connectivity index (χ1) is 8.88. The first-order valence-corrected chi connectivity index (χ1v) is 6.01. The lowest BCUT2D eigenvalue weighted by atomic mass is 9.77. The Morgan fingerprint density at radius 1 is 1.00 bits per heavy atom. The molecule has 0 atom stereocenters. The van der Waals surface area contributed by atoms with E-state index in [4.69, 9.17) is 25.4 Å². The zero-order chi connectivity index (χ0) is 16.1. The lowest BCUT2D eigenvalue weighted by molar-refractivity contribution is -0.107. The second-order valence-electron chi connectivity index (χ2n) is 5.38. The number of carboxylic acids is 1. The van der Waals surface area contributed by atoms with Gasteiger partial charge in [0.1, 0.15) is 0 Å². The van der Waals surface area contributed by atoms with Gasteiger partial charge in [-0.2, -0.15) is 0 Å². The molecule has 0 aliphatic heterocycles. The quantitative estimate of drug-likeness (QED) is 0.482. The third kappa shape index (κ3) is 5.71. The second kappa shape index (κ2) is 6.85. The van der Waals surface area contributed by atoms with E-state index in [1.807, 2.05) is 0 Å². The Labute approximate surface area is 118 Å². The normalized spacial score (nSPS) is 11.4. The molecule has 0 radical (unpaired) electrons.